The van der Waals surface area contributed by atoms with Crippen LogP contribution < -0.4 is 5.32 Å². The quantitative estimate of drug-likeness (QED) is 0.884. The highest BCUT2D eigenvalue weighted by atomic mass is 79.9. The Bertz CT molecular complexity index is 317. The molecule has 0 aliphatic carbocycles. The van der Waals surface area contributed by atoms with Gasteiger partial charge in [0.05, 0.1) is 6.04 Å². The van der Waals surface area contributed by atoms with Crippen molar-refractivity contribution in [2.75, 3.05) is 0 Å². The summed E-state index contributed by atoms with van der Waals surface area (Å²) in [6, 6.07) is 6.72. The summed E-state index contributed by atoms with van der Waals surface area (Å²) in [4.78, 5) is 0. The van der Waals surface area contributed by atoms with Gasteiger partial charge in [-0.1, -0.05) is 34.1 Å². The lowest BCUT2D eigenvalue weighted by Gasteiger charge is -2.20. The van der Waals surface area contributed by atoms with Crippen LogP contribution in [0.1, 0.15) is 25.5 Å². The molecule has 0 amide bonds. The molecule has 1 rings (SSSR count). The molecule has 0 spiro atoms. The molecular weight excluding hydrogens is 264 g/mol. The SMILES string of the molecule is CC(N[C@H](C)c1ccccc1Br)C(F)F. The zero-order chi connectivity index (χ0) is 11.4. The Kier molecular flexibility index (Phi) is 4.67. The van der Waals surface area contributed by atoms with Crippen LogP contribution in [0.3, 0.4) is 0 Å². The van der Waals surface area contributed by atoms with Crippen LogP contribution in [0.15, 0.2) is 28.7 Å². The van der Waals surface area contributed by atoms with Gasteiger partial charge in [-0.3, -0.25) is 0 Å². The average Bonchev–Trinajstić information content (AvgIpc) is 2.18. The van der Waals surface area contributed by atoms with Crippen LogP contribution in [0, 0.1) is 0 Å². The molecule has 84 valence electrons. The number of rotatable bonds is 4. The molecule has 0 saturated carbocycles. The molecule has 0 saturated heterocycles. The fourth-order valence-corrected chi connectivity index (χ4v) is 2.01. The molecule has 1 N–H and O–H groups in total. The Balaban J connectivity index is 2.69. The number of benzene rings is 1. The van der Waals surface area contributed by atoms with E-state index in [-0.39, 0.29) is 6.04 Å². The molecule has 15 heavy (non-hydrogen) atoms. The van der Waals surface area contributed by atoms with Crippen molar-refractivity contribution in [3.05, 3.63) is 34.3 Å². The lowest BCUT2D eigenvalue weighted by molar-refractivity contribution is 0.101. The zero-order valence-corrected chi connectivity index (χ0v) is 10.3. The van der Waals surface area contributed by atoms with E-state index in [1.165, 1.54) is 6.92 Å². The highest BCUT2D eigenvalue weighted by molar-refractivity contribution is 9.10. The van der Waals surface area contributed by atoms with E-state index in [0.29, 0.717) is 0 Å². The van der Waals surface area contributed by atoms with Crippen LogP contribution in [0.5, 0.6) is 0 Å². The second kappa shape index (κ2) is 5.56. The van der Waals surface area contributed by atoms with E-state index in [1.807, 2.05) is 31.2 Å². The third kappa shape index (κ3) is 3.54. The maximum atomic E-state index is 12.3. The van der Waals surface area contributed by atoms with E-state index >= 15 is 0 Å². The fraction of sp³-hybridized carbons (Fsp3) is 0.455. The molecule has 2 atom stereocenters. The highest BCUT2D eigenvalue weighted by Crippen LogP contribution is 2.23. The number of hydrogen-bond acceptors (Lipinski definition) is 1. The first-order valence-electron chi connectivity index (χ1n) is 4.81. The average molecular weight is 278 g/mol. The summed E-state index contributed by atoms with van der Waals surface area (Å²) in [6.07, 6.45) is -2.34. The number of alkyl halides is 2. The van der Waals surface area contributed by atoms with Crippen molar-refractivity contribution in [2.45, 2.75) is 32.4 Å². The lowest BCUT2D eigenvalue weighted by atomic mass is 10.1. The predicted molar refractivity (Wildman–Crippen MR) is 61.2 cm³/mol. The normalized spacial score (nSPS) is 15.3. The number of hydrogen-bond donors (Lipinski definition) is 1. The minimum absolute atomic E-state index is 0.0930. The molecule has 0 heterocycles. The standard InChI is InChI=1S/C11H14BrF2N/c1-7(15-8(2)11(13)14)9-5-3-4-6-10(9)12/h3-8,11,15H,1-2H3/t7-,8?/m1/s1. The van der Waals surface area contributed by atoms with Crippen molar-refractivity contribution in [2.24, 2.45) is 0 Å². The summed E-state index contributed by atoms with van der Waals surface area (Å²) in [7, 11) is 0. The zero-order valence-electron chi connectivity index (χ0n) is 8.68. The van der Waals surface area contributed by atoms with E-state index in [2.05, 4.69) is 21.2 Å². The predicted octanol–water partition coefficient (Wildman–Crippen LogP) is 3.75. The van der Waals surface area contributed by atoms with Gasteiger partial charge in [0.1, 0.15) is 0 Å². The fourth-order valence-electron chi connectivity index (χ4n) is 1.38. The van der Waals surface area contributed by atoms with Gasteiger partial charge in [-0.2, -0.15) is 0 Å². The van der Waals surface area contributed by atoms with Gasteiger partial charge in [-0.05, 0) is 25.5 Å². The maximum absolute atomic E-state index is 12.3. The molecule has 0 radical (unpaired) electrons. The maximum Gasteiger partial charge on any atom is 0.253 e. The molecule has 0 aromatic heterocycles. The first kappa shape index (κ1) is 12.6. The summed E-state index contributed by atoms with van der Waals surface area (Å²) in [5.41, 5.74) is 0.991. The van der Waals surface area contributed by atoms with Crippen LogP contribution >= 0.6 is 15.9 Å². The second-order valence-electron chi connectivity index (χ2n) is 3.53. The minimum atomic E-state index is -2.34. The lowest BCUT2D eigenvalue weighted by Crippen LogP contribution is -2.34. The molecule has 0 aliphatic heterocycles. The van der Waals surface area contributed by atoms with Crippen molar-refractivity contribution in [3.8, 4) is 0 Å². The van der Waals surface area contributed by atoms with Gasteiger partial charge in [-0.15, -0.1) is 0 Å². The largest absolute Gasteiger partial charge is 0.302 e. The van der Waals surface area contributed by atoms with Crippen molar-refractivity contribution in [1.29, 1.82) is 0 Å². The Morgan fingerprint density at radius 1 is 1.20 bits per heavy atom. The van der Waals surface area contributed by atoms with Crippen molar-refractivity contribution < 1.29 is 8.78 Å². The van der Waals surface area contributed by atoms with Gasteiger partial charge in [0.15, 0.2) is 0 Å². The number of nitrogens with one attached hydrogen (secondary N) is 1. The van der Waals surface area contributed by atoms with E-state index in [4.69, 9.17) is 0 Å². The van der Waals surface area contributed by atoms with Gasteiger partial charge in [0.25, 0.3) is 6.43 Å². The highest BCUT2D eigenvalue weighted by Gasteiger charge is 2.18. The third-order valence-corrected chi connectivity index (χ3v) is 2.98. The van der Waals surface area contributed by atoms with Crippen molar-refractivity contribution in [1.82, 2.24) is 5.32 Å². The van der Waals surface area contributed by atoms with Crippen molar-refractivity contribution in [3.63, 3.8) is 0 Å². The number of halogens is 3. The van der Waals surface area contributed by atoms with Gasteiger partial charge in [0.2, 0.25) is 0 Å². The van der Waals surface area contributed by atoms with E-state index in [0.717, 1.165) is 10.0 Å². The summed E-state index contributed by atoms with van der Waals surface area (Å²) in [6.45, 7) is 3.36. The van der Waals surface area contributed by atoms with Crippen LogP contribution in [-0.2, 0) is 0 Å². The van der Waals surface area contributed by atoms with Gasteiger partial charge < -0.3 is 5.32 Å². The molecule has 0 bridgehead atoms. The Morgan fingerprint density at radius 3 is 2.33 bits per heavy atom. The molecule has 1 aromatic carbocycles. The smallest absolute Gasteiger partial charge is 0.253 e. The van der Waals surface area contributed by atoms with Gasteiger partial charge in [0, 0.05) is 10.5 Å². The summed E-state index contributed by atoms with van der Waals surface area (Å²) >= 11 is 3.40. The molecule has 1 unspecified atom stereocenters. The first-order valence-corrected chi connectivity index (χ1v) is 5.60. The van der Waals surface area contributed by atoms with Crippen LogP contribution in [0.4, 0.5) is 8.78 Å². The van der Waals surface area contributed by atoms with Gasteiger partial charge in [-0.25, -0.2) is 8.78 Å². The summed E-state index contributed by atoms with van der Waals surface area (Å²) in [5, 5.41) is 2.86. The molecule has 1 aromatic rings. The van der Waals surface area contributed by atoms with E-state index < -0.39 is 12.5 Å². The molecular formula is C11H14BrF2N. The minimum Gasteiger partial charge on any atom is -0.302 e. The summed E-state index contributed by atoms with van der Waals surface area (Å²) < 4.78 is 25.6. The third-order valence-electron chi connectivity index (χ3n) is 2.26. The van der Waals surface area contributed by atoms with E-state index in [9.17, 15) is 8.78 Å². The van der Waals surface area contributed by atoms with Crippen LogP contribution in [0.25, 0.3) is 0 Å². The van der Waals surface area contributed by atoms with Crippen LogP contribution in [-0.4, -0.2) is 12.5 Å². The van der Waals surface area contributed by atoms with Gasteiger partial charge >= 0.3 is 0 Å². The Hall–Kier alpha value is -0.480. The topological polar surface area (TPSA) is 12.0 Å². The van der Waals surface area contributed by atoms with E-state index in [1.54, 1.807) is 0 Å². The first-order chi connectivity index (χ1) is 7.02. The Labute approximate surface area is 97.0 Å². The molecule has 0 fully saturated rings. The summed E-state index contributed by atoms with van der Waals surface area (Å²) in [5.74, 6) is 0. The molecule has 1 nitrogen and oxygen atoms in total. The Morgan fingerprint density at radius 2 is 1.80 bits per heavy atom. The molecule has 4 heteroatoms. The van der Waals surface area contributed by atoms with Crippen LogP contribution in [0.2, 0.25) is 0 Å². The second-order valence-corrected chi connectivity index (χ2v) is 4.39. The molecule has 0 aliphatic rings. The monoisotopic (exact) mass is 277 g/mol. The van der Waals surface area contributed by atoms with Crippen molar-refractivity contribution >= 4 is 15.9 Å².